The molecule has 1 heterocycles. The Morgan fingerprint density at radius 3 is 2.76 bits per heavy atom. The molecule has 110 valence electrons. The maximum absolute atomic E-state index is 6.22. The van der Waals surface area contributed by atoms with Crippen molar-refractivity contribution in [3.63, 3.8) is 0 Å². The molecule has 0 spiro atoms. The largest absolute Gasteiger partial charge is 0.454 e. The van der Waals surface area contributed by atoms with E-state index in [0.29, 0.717) is 16.6 Å². The Hall–Kier alpha value is -1.10. The van der Waals surface area contributed by atoms with Gasteiger partial charge in [-0.2, -0.15) is 0 Å². The minimum absolute atomic E-state index is 0.254. The van der Waals surface area contributed by atoms with Crippen LogP contribution in [0.3, 0.4) is 0 Å². The van der Waals surface area contributed by atoms with Crippen LogP contribution in [0.15, 0.2) is 28.7 Å². The third kappa shape index (κ3) is 3.07. The molecule has 21 heavy (non-hydrogen) atoms. The van der Waals surface area contributed by atoms with Crippen LogP contribution in [0.4, 0.5) is 5.69 Å². The molecule has 0 saturated carbocycles. The van der Waals surface area contributed by atoms with Gasteiger partial charge in [0, 0.05) is 11.6 Å². The van der Waals surface area contributed by atoms with Crippen molar-refractivity contribution in [3.05, 3.63) is 49.9 Å². The highest BCUT2D eigenvalue weighted by atomic mass is 79.9. The maximum Gasteiger partial charge on any atom is 0.231 e. The summed E-state index contributed by atoms with van der Waals surface area (Å²) in [6, 6.07) is 7.62. The van der Waals surface area contributed by atoms with Gasteiger partial charge in [-0.15, -0.1) is 0 Å². The average molecular weight is 389 g/mol. The summed E-state index contributed by atoms with van der Waals surface area (Å²) in [7, 11) is 0. The van der Waals surface area contributed by atoms with Gasteiger partial charge in [-0.25, -0.2) is 0 Å². The first-order valence-corrected chi connectivity index (χ1v) is 7.87. The van der Waals surface area contributed by atoms with E-state index in [0.717, 1.165) is 32.8 Å². The van der Waals surface area contributed by atoms with Crippen LogP contribution < -0.4 is 14.8 Å². The molecule has 0 aliphatic carbocycles. The Morgan fingerprint density at radius 2 is 1.95 bits per heavy atom. The Kier molecular flexibility index (Phi) is 4.20. The van der Waals surface area contributed by atoms with Gasteiger partial charge in [0.1, 0.15) is 0 Å². The van der Waals surface area contributed by atoms with E-state index in [1.165, 1.54) is 0 Å². The number of anilines is 1. The summed E-state index contributed by atoms with van der Waals surface area (Å²) in [6.07, 6.45) is 0. The zero-order valence-corrected chi connectivity index (χ0v) is 14.3. The smallest absolute Gasteiger partial charge is 0.231 e. The first-order valence-electron chi connectivity index (χ1n) is 6.32. The minimum Gasteiger partial charge on any atom is -0.454 e. The van der Waals surface area contributed by atoms with Crippen LogP contribution in [-0.2, 0) is 6.54 Å². The van der Waals surface area contributed by atoms with Crippen LogP contribution in [0, 0.1) is 6.92 Å². The van der Waals surface area contributed by atoms with Gasteiger partial charge < -0.3 is 14.8 Å². The van der Waals surface area contributed by atoms with Crippen molar-refractivity contribution in [3.8, 4) is 11.5 Å². The van der Waals surface area contributed by atoms with E-state index in [-0.39, 0.29) is 6.79 Å². The zero-order valence-electron chi connectivity index (χ0n) is 11.2. The van der Waals surface area contributed by atoms with Crippen molar-refractivity contribution >= 4 is 44.8 Å². The molecule has 0 amide bonds. The molecule has 2 aromatic rings. The number of halogens is 3. The molecule has 1 aliphatic heterocycles. The van der Waals surface area contributed by atoms with E-state index >= 15 is 0 Å². The van der Waals surface area contributed by atoms with Crippen LogP contribution in [-0.4, -0.2) is 6.79 Å². The molecule has 2 aromatic carbocycles. The summed E-state index contributed by atoms with van der Waals surface area (Å²) in [5, 5.41) is 4.62. The second kappa shape index (κ2) is 5.95. The summed E-state index contributed by atoms with van der Waals surface area (Å²) < 4.78 is 11.6. The molecule has 0 atom stereocenters. The third-order valence-electron chi connectivity index (χ3n) is 3.22. The molecule has 0 aromatic heterocycles. The highest BCUT2D eigenvalue weighted by molar-refractivity contribution is 9.10. The SMILES string of the molecule is Cc1cc(Cl)c(NCc2cc(Br)c3c(c2)OCO3)cc1Cl. The number of ether oxygens (including phenoxy) is 2. The minimum atomic E-state index is 0.254. The van der Waals surface area contributed by atoms with E-state index in [4.69, 9.17) is 32.7 Å². The first kappa shape index (κ1) is 14.8. The van der Waals surface area contributed by atoms with Gasteiger partial charge in [0.05, 0.1) is 15.2 Å². The highest BCUT2D eigenvalue weighted by Crippen LogP contribution is 2.40. The number of fused-ring (bicyclic) bond motifs is 1. The number of hydrogen-bond acceptors (Lipinski definition) is 3. The molecule has 0 bridgehead atoms. The van der Waals surface area contributed by atoms with Gasteiger partial charge in [-0.3, -0.25) is 0 Å². The van der Waals surface area contributed by atoms with E-state index in [9.17, 15) is 0 Å². The lowest BCUT2D eigenvalue weighted by atomic mass is 10.2. The maximum atomic E-state index is 6.22. The third-order valence-corrected chi connectivity index (χ3v) is 4.53. The Labute approximate surface area is 141 Å². The predicted octanol–water partition coefficient (Wildman–Crippen LogP) is 5.41. The molecule has 0 saturated heterocycles. The molecular formula is C15H12BrCl2NO2. The van der Waals surface area contributed by atoms with Crippen molar-refractivity contribution in [2.24, 2.45) is 0 Å². The summed E-state index contributed by atoms with van der Waals surface area (Å²) in [5.41, 5.74) is 2.82. The lowest BCUT2D eigenvalue weighted by molar-refractivity contribution is 0.173. The number of benzene rings is 2. The predicted molar refractivity (Wildman–Crippen MR) is 88.8 cm³/mol. The normalized spacial score (nSPS) is 12.6. The zero-order chi connectivity index (χ0) is 15.0. The van der Waals surface area contributed by atoms with Crippen LogP contribution in [0.5, 0.6) is 11.5 Å². The van der Waals surface area contributed by atoms with Crippen LogP contribution in [0.2, 0.25) is 10.0 Å². The topological polar surface area (TPSA) is 30.5 Å². The van der Waals surface area contributed by atoms with Crippen molar-refractivity contribution in [2.45, 2.75) is 13.5 Å². The van der Waals surface area contributed by atoms with Gasteiger partial charge in [0.2, 0.25) is 6.79 Å². The van der Waals surface area contributed by atoms with Crippen molar-refractivity contribution < 1.29 is 9.47 Å². The van der Waals surface area contributed by atoms with Crippen molar-refractivity contribution in [1.29, 1.82) is 0 Å². The molecular weight excluding hydrogens is 377 g/mol. The molecule has 1 aliphatic rings. The Morgan fingerprint density at radius 1 is 1.14 bits per heavy atom. The molecule has 3 rings (SSSR count). The summed E-state index contributed by atoms with van der Waals surface area (Å²) in [6.45, 7) is 2.78. The fourth-order valence-corrected chi connectivity index (χ4v) is 3.15. The standard InChI is InChI=1S/C15H12BrCl2NO2/c1-8-2-12(18)13(5-11(8)17)19-6-9-3-10(16)15-14(4-9)20-7-21-15/h2-5,19H,6-7H2,1H3. The second-order valence-corrected chi connectivity index (χ2v) is 6.41. The summed E-state index contributed by atoms with van der Waals surface area (Å²) in [4.78, 5) is 0. The first-order chi connectivity index (χ1) is 10.0. The number of rotatable bonds is 3. The van der Waals surface area contributed by atoms with Crippen molar-refractivity contribution in [2.75, 3.05) is 12.1 Å². The Bertz CT molecular complexity index is 707. The quantitative estimate of drug-likeness (QED) is 0.762. The number of nitrogens with one attached hydrogen (secondary N) is 1. The molecule has 0 unspecified atom stereocenters. The van der Waals surface area contributed by atoms with Crippen LogP contribution in [0.25, 0.3) is 0 Å². The number of hydrogen-bond donors (Lipinski definition) is 1. The lowest BCUT2D eigenvalue weighted by Crippen LogP contribution is -2.00. The average Bonchev–Trinajstić information content (AvgIpc) is 2.90. The van der Waals surface area contributed by atoms with Gasteiger partial charge >= 0.3 is 0 Å². The number of aryl methyl sites for hydroxylation is 1. The van der Waals surface area contributed by atoms with Crippen LogP contribution in [0.1, 0.15) is 11.1 Å². The summed E-state index contributed by atoms with van der Waals surface area (Å²) >= 11 is 15.8. The van der Waals surface area contributed by atoms with E-state index < -0.39 is 0 Å². The van der Waals surface area contributed by atoms with E-state index in [2.05, 4.69) is 21.2 Å². The Balaban J connectivity index is 1.79. The van der Waals surface area contributed by atoms with Gasteiger partial charge in [-0.05, 0) is 58.2 Å². The molecule has 0 fully saturated rings. The van der Waals surface area contributed by atoms with E-state index in [1.807, 2.05) is 31.2 Å². The second-order valence-electron chi connectivity index (χ2n) is 4.75. The molecule has 1 N–H and O–H groups in total. The van der Waals surface area contributed by atoms with Gasteiger partial charge in [-0.1, -0.05) is 23.2 Å². The highest BCUT2D eigenvalue weighted by Gasteiger charge is 2.18. The molecule has 3 nitrogen and oxygen atoms in total. The lowest BCUT2D eigenvalue weighted by Gasteiger charge is -2.11. The summed E-state index contributed by atoms with van der Waals surface area (Å²) in [5.74, 6) is 1.49. The monoisotopic (exact) mass is 387 g/mol. The van der Waals surface area contributed by atoms with Crippen LogP contribution >= 0.6 is 39.1 Å². The molecule has 0 radical (unpaired) electrons. The van der Waals surface area contributed by atoms with Crippen molar-refractivity contribution in [1.82, 2.24) is 0 Å². The molecule has 6 heteroatoms. The van der Waals surface area contributed by atoms with E-state index in [1.54, 1.807) is 0 Å². The fourth-order valence-electron chi connectivity index (χ4n) is 2.10. The van der Waals surface area contributed by atoms with Gasteiger partial charge in [0.25, 0.3) is 0 Å². The fraction of sp³-hybridized carbons (Fsp3) is 0.200. The van der Waals surface area contributed by atoms with Gasteiger partial charge in [0.15, 0.2) is 11.5 Å².